The molecule has 0 saturated carbocycles. The number of hydrogen-bond donors (Lipinski definition) is 1. The van der Waals surface area contributed by atoms with E-state index < -0.39 is 0 Å². The van der Waals surface area contributed by atoms with Gasteiger partial charge in [0.2, 0.25) is 11.8 Å². The number of para-hydroxylation sites is 1. The highest BCUT2D eigenvalue weighted by molar-refractivity contribution is 5.98. The van der Waals surface area contributed by atoms with Gasteiger partial charge in [-0.05, 0) is 31.2 Å². The number of nitrogens with zero attached hydrogens (tertiary/aromatic N) is 1. The van der Waals surface area contributed by atoms with E-state index in [-0.39, 0.29) is 30.6 Å². The minimum atomic E-state index is -0.178. The van der Waals surface area contributed by atoms with Crippen LogP contribution in [0.25, 0.3) is 0 Å². The molecule has 0 atom stereocenters. The fourth-order valence-electron chi connectivity index (χ4n) is 2.32. The number of hydrogen-bond acceptors (Lipinski definition) is 3. The van der Waals surface area contributed by atoms with E-state index >= 15 is 0 Å². The Hall–Kier alpha value is -2.95. The van der Waals surface area contributed by atoms with Crippen molar-refractivity contribution in [3.8, 4) is 0 Å². The first-order valence-electron chi connectivity index (χ1n) is 7.71. The third-order valence-corrected chi connectivity index (χ3v) is 3.56. The lowest BCUT2D eigenvalue weighted by atomic mass is 10.1. The van der Waals surface area contributed by atoms with Crippen molar-refractivity contribution in [2.75, 3.05) is 16.8 Å². The number of Topliss-reactive ketones (excluding diaryl/α,β-unsaturated/α-hetero) is 1. The van der Waals surface area contributed by atoms with Crippen LogP contribution in [-0.4, -0.2) is 24.1 Å². The first-order valence-corrected chi connectivity index (χ1v) is 7.71. The lowest BCUT2D eigenvalue weighted by Crippen LogP contribution is -2.32. The Labute approximate surface area is 141 Å². The predicted octanol–water partition coefficient (Wildman–Crippen LogP) is 3.27. The number of benzene rings is 2. The summed E-state index contributed by atoms with van der Waals surface area (Å²) in [6.07, 6.45) is 0.165. The minimum Gasteiger partial charge on any atom is -0.326 e. The van der Waals surface area contributed by atoms with Crippen molar-refractivity contribution in [3.63, 3.8) is 0 Å². The molecule has 0 fully saturated rings. The number of carbonyl (C=O) groups excluding carboxylic acids is 3. The maximum atomic E-state index is 12.0. The van der Waals surface area contributed by atoms with Crippen molar-refractivity contribution >= 4 is 29.0 Å². The molecule has 2 rings (SSSR count). The highest BCUT2D eigenvalue weighted by atomic mass is 16.2. The average molecular weight is 324 g/mol. The summed E-state index contributed by atoms with van der Waals surface area (Å²) in [7, 11) is 0. The zero-order valence-corrected chi connectivity index (χ0v) is 13.8. The molecule has 0 saturated heterocycles. The van der Waals surface area contributed by atoms with Gasteiger partial charge in [0.1, 0.15) is 0 Å². The lowest BCUT2D eigenvalue weighted by molar-refractivity contribution is -0.117. The summed E-state index contributed by atoms with van der Waals surface area (Å²) in [5.41, 5.74) is 1.87. The molecule has 0 bridgehead atoms. The Kier molecular flexibility index (Phi) is 5.84. The van der Waals surface area contributed by atoms with Gasteiger partial charge in [-0.25, -0.2) is 0 Å². The summed E-state index contributed by atoms with van der Waals surface area (Å²) in [5.74, 6) is -0.416. The highest BCUT2D eigenvalue weighted by Gasteiger charge is 2.14. The van der Waals surface area contributed by atoms with Crippen molar-refractivity contribution in [2.24, 2.45) is 0 Å². The molecule has 0 unspecified atom stereocenters. The van der Waals surface area contributed by atoms with Crippen molar-refractivity contribution in [3.05, 3.63) is 60.2 Å². The second kappa shape index (κ2) is 8.06. The lowest BCUT2D eigenvalue weighted by Gasteiger charge is -2.21. The Morgan fingerprint density at radius 2 is 1.67 bits per heavy atom. The molecule has 2 aromatic rings. The maximum absolute atomic E-state index is 12.0. The van der Waals surface area contributed by atoms with Gasteiger partial charge in [0.05, 0.1) is 0 Å². The number of carbonyl (C=O) groups is 3. The zero-order chi connectivity index (χ0) is 17.5. The number of ketones is 1. The number of rotatable bonds is 6. The van der Waals surface area contributed by atoms with E-state index in [9.17, 15) is 14.4 Å². The van der Waals surface area contributed by atoms with Gasteiger partial charge in [-0.3, -0.25) is 14.4 Å². The van der Waals surface area contributed by atoms with E-state index in [0.717, 1.165) is 5.69 Å². The third-order valence-electron chi connectivity index (χ3n) is 3.56. The molecule has 24 heavy (non-hydrogen) atoms. The van der Waals surface area contributed by atoms with Crippen LogP contribution in [0.3, 0.4) is 0 Å². The van der Waals surface area contributed by atoms with Crippen molar-refractivity contribution in [1.82, 2.24) is 0 Å². The molecule has 2 aromatic carbocycles. The van der Waals surface area contributed by atoms with Crippen molar-refractivity contribution in [1.29, 1.82) is 0 Å². The largest absolute Gasteiger partial charge is 0.326 e. The first-order chi connectivity index (χ1) is 11.5. The number of amides is 2. The SMILES string of the molecule is CC(=O)c1cccc(N(CCC(=O)Nc2ccccc2)C(C)=O)c1. The second-order valence-corrected chi connectivity index (χ2v) is 5.44. The zero-order valence-electron chi connectivity index (χ0n) is 13.8. The second-order valence-electron chi connectivity index (χ2n) is 5.44. The molecule has 124 valence electrons. The number of nitrogens with one attached hydrogen (secondary N) is 1. The van der Waals surface area contributed by atoms with Gasteiger partial charge in [0.25, 0.3) is 0 Å². The first kappa shape index (κ1) is 17.4. The van der Waals surface area contributed by atoms with E-state index in [2.05, 4.69) is 5.32 Å². The smallest absolute Gasteiger partial charge is 0.226 e. The van der Waals surface area contributed by atoms with Crippen molar-refractivity contribution in [2.45, 2.75) is 20.3 Å². The summed E-state index contributed by atoms with van der Waals surface area (Å²) in [4.78, 5) is 36.9. The maximum Gasteiger partial charge on any atom is 0.226 e. The third kappa shape index (κ3) is 4.78. The summed E-state index contributed by atoms with van der Waals surface area (Å²) in [6.45, 7) is 3.16. The van der Waals surface area contributed by atoms with Crippen LogP contribution in [0.2, 0.25) is 0 Å². The molecule has 1 N–H and O–H groups in total. The molecular weight excluding hydrogens is 304 g/mol. The quantitative estimate of drug-likeness (QED) is 0.829. The van der Waals surface area contributed by atoms with Crippen LogP contribution in [0.5, 0.6) is 0 Å². The Morgan fingerprint density at radius 3 is 2.29 bits per heavy atom. The fourth-order valence-corrected chi connectivity index (χ4v) is 2.32. The highest BCUT2D eigenvalue weighted by Crippen LogP contribution is 2.17. The summed E-state index contributed by atoms with van der Waals surface area (Å²) in [6, 6.07) is 16.0. The average Bonchev–Trinajstić information content (AvgIpc) is 2.56. The van der Waals surface area contributed by atoms with Crippen LogP contribution in [0, 0.1) is 0 Å². The number of anilines is 2. The van der Waals surface area contributed by atoms with Gasteiger partial charge in [-0.2, -0.15) is 0 Å². The van der Waals surface area contributed by atoms with Crippen LogP contribution in [0.15, 0.2) is 54.6 Å². The van der Waals surface area contributed by atoms with Crippen LogP contribution in [0.4, 0.5) is 11.4 Å². The molecule has 5 nitrogen and oxygen atoms in total. The normalized spacial score (nSPS) is 10.1. The summed E-state index contributed by atoms with van der Waals surface area (Å²) < 4.78 is 0. The van der Waals surface area contributed by atoms with Gasteiger partial charge in [-0.1, -0.05) is 30.3 Å². The molecule has 5 heteroatoms. The molecule has 0 aliphatic rings. The molecular formula is C19H20N2O3. The van der Waals surface area contributed by atoms with E-state index in [1.54, 1.807) is 36.4 Å². The Bertz CT molecular complexity index is 741. The van der Waals surface area contributed by atoms with Crippen LogP contribution in [-0.2, 0) is 9.59 Å². The molecule has 2 amide bonds. The van der Waals surface area contributed by atoms with Gasteiger partial charge in [0.15, 0.2) is 5.78 Å². The predicted molar refractivity (Wildman–Crippen MR) is 94.2 cm³/mol. The summed E-state index contributed by atoms with van der Waals surface area (Å²) in [5, 5.41) is 2.79. The topological polar surface area (TPSA) is 66.5 Å². The molecule has 0 heterocycles. The van der Waals surface area contributed by atoms with E-state index in [0.29, 0.717) is 11.3 Å². The Balaban J connectivity index is 2.04. The molecule has 0 aromatic heterocycles. The van der Waals surface area contributed by atoms with Gasteiger partial charge in [0, 0.05) is 36.8 Å². The summed E-state index contributed by atoms with van der Waals surface area (Å²) >= 11 is 0. The molecule has 0 radical (unpaired) electrons. The van der Waals surface area contributed by atoms with Crippen molar-refractivity contribution < 1.29 is 14.4 Å². The fraction of sp³-hybridized carbons (Fsp3) is 0.211. The van der Waals surface area contributed by atoms with Gasteiger partial charge in [-0.15, -0.1) is 0 Å². The van der Waals surface area contributed by atoms with Gasteiger partial charge < -0.3 is 10.2 Å². The molecule has 0 spiro atoms. The van der Waals surface area contributed by atoms with E-state index in [4.69, 9.17) is 0 Å². The van der Waals surface area contributed by atoms with Crippen LogP contribution in [0.1, 0.15) is 30.6 Å². The van der Waals surface area contributed by atoms with Gasteiger partial charge >= 0.3 is 0 Å². The standard InChI is InChI=1S/C19H20N2O3/c1-14(22)16-7-6-10-18(13-16)21(15(2)23)12-11-19(24)20-17-8-4-3-5-9-17/h3-10,13H,11-12H2,1-2H3,(H,20,24). The van der Waals surface area contributed by atoms with E-state index in [1.165, 1.54) is 18.7 Å². The Morgan fingerprint density at radius 1 is 0.958 bits per heavy atom. The molecule has 0 aliphatic carbocycles. The van der Waals surface area contributed by atoms with Crippen LogP contribution < -0.4 is 10.2 Å². The minimum absolute atomic E-state index is 0.0674. The van der Waals surface area contributed by atoms with Crippen LogP contribution >= 0.6 is 0 Å². The van der Waals surface area contributed by atoms with E-state index in [1.807, 2.05) is 18.2 Å². The molecule has 0 aliphatic heterocycles. The monoisotopic (exact) mass is 324 g/mol.